The highest BCUT2D eigenvalue weighted by Crippen LogP contribution is 2.16. The van der Waals surface area contributed by atoms with Crippen LogP contribution in [-0.2, 0) is 0 Å². The third kappa shape index (κ3) is 7.95. The summed E-state index contributed by atoms with van der Waals surface area (Å²) in [5, 5.41) is 18.9. The molecule has 0 spiro atoms. The maximum atomic E-state index is 10.0. The first-order valence-corrected chi connectivity index (χ1v) is 8.99. The Kier molecular flexibility index (Phi) is 15.9. The zero-order chi connectivity index (χ0) is 19.0. The van der Waals surface area contributed by atoms with Crippen LogP contribution < -0.4 is 0 Å². The SMILES string of the molecule is C/C=C\c1nn(C(/C=C\CC)=C(\O)CC)nc1/C=C\C.CC.CC. The van der Waals surface area contributed by atoms with Gasteiger partial charge in [-0.1, -0.05) is 59.8 Å². The van der Waals surface area contributed by atoms with E-state index in [1.54, 1.807) is 0 Å². The van der Waals surface area contributed by atoms with Gasteiger partial charge in [-0.05, 0) is 38.5 Å². The summed E-state index contributed by atoms with van der Waals surface area (Å²) in [6, 6.07) is 0. The lowest BCUT2D eigenvalue weighted by Gasteiger charge is -2.03. The van der Waals surface area contributed by atoms with E-state index in [1.165, 1.54) is 4.80 Å². The van der Waals surface area contributed by atoms with Crippen LogP contribution in [0.15, 0.2) is 30.1 Å². The van der Waals surface area contributed by atoms with E-state index in [9.17, 15) is 5.11 Å². The zero-order valence-corrected chi connectivity index (χ0v) is 16.7. The highest BCUT2D eigenvalue weighted by atomic mass is 16.3. The molecular weight excluding hydrogens is 298 g/mol. The number of aliphatic hydroxyl groups excluding tert-OH is 1. The van der Waals surface area contributed by atoms with Crippen LogP contribution in [0.5, 0.6) is 0 Å². The lowest BCUT2D eigenvalue weighted by Crippen LogP contribution is -2.03. The first kappa shape index (κ1) is 24.2. The maximum Gasteiger partial charge on any atom is 0.123 e. The van der Waals surface area contributed by atoms with E-state index in [2.05, 4.69) is 10.2 Å². The van der Waals surface area contributed by atoms with Gasteiger partial charge >= 0.3 is 0 Å². The minimum absolute atomic E-state index is 0.281. The second-order valence-corrected chi connectivity index (χ2v) is 4.26. The molecule has 4 nitrogen and oxygen atoms in total. The van der Waals surface area contributed by atoms with E-state index < -0.39 is 0 Å². The second kappa shape index (κ2) is 15.8. The van der Waals surface area contributed by atoms with E-state index in [1.807, 2.05) is 91.8 Å². The van der Waals surface area contributed by atoms with Crippen LogP contribution in [0.2, 0.25) is 0 Å². The summed E-state index contributed by atoms with van der Waals surface area (Å²) in [6.07, 6.45) is 12.9. The van der Waals surface area contributed by atoms with Gasteiger partial charge in [0.1, 0.15) is 22.8 Å². The normalized spacial score (nSPS) is 12.0. The molecule has 0 aliphatic carbocycles. The molecule has 1 N–H and O–H groups in total. The highest BCUT2D eigenvalue weighted by molar-refractivity contribution is 5.62. The molecule has 24 heavy (non-hydrogen) atoms. The molecule has 0 amide bonds. The molecular formula is C20H35N3O. The second-order valence-electron chi connectivity index (χ2n) is 4.26. The van der Waals surface area contributed by atoms with Gasteiger partial charge in [0.25, 0.3) is 0 Å². The molecule has 0 fully saturated rings. The van der Waals surface area contributed by atoms with Crippen molar-refractivity contribution in [2.24, 2.45) is 0 Å². The number of aliphatic hydroxyl groups is 1. The molecule has 1 aromatic heterocycles. The van der Waals surface area contributed by atoms with Crippen molar-refractivity contribution in [3.63, 3.8) is 0 Å². The number of hydrogen-bond acceptors (Lipinski definition) is 3. The molecule has 0 radical (unpaired) electrons. The fourth-order valence-electron chi connectivity index (χ4n) is 1.68. The Morgan fingerprint density at radius 3 is 1.75 bits per heavy atom. The average molecular weight is 334 g/mol. The molecule has 1 heterocycles. The molecule has 0 atom stereocenters. The van der Waals surface area contributed by atoms with Gasteiger partial charge < -0.3 is 5.11 Å². The van der Waals surface area contributed by atoms with Gasteiger partial charge in [0.2, 0.25) is 0 Å². The van der Waals surface area contributed by atoms with Crippen LogP contribution in [0.25, 0.3) is 17.8 Å². The first-order chi connectivity index (χ1) is 11.7. The van der Waals surface area contributed by atoms with Crippen LogP contribution in [0.4, 0.5) is 0 Å². The zero-order valence-electron chi connectivity index (χ0n) is 16.7. The molecule has 1 rings (SSSR count). The molecule has 0 bridgehead atoms. The van der Waals surface area contributed by atoms with Gasteiger partial charge in [-0.3, -0.25) is 0 Å². The average Bonchev–Trinajstić information content (AvgIpc) is 3.01. The number of aromatic nitrogens is 3. The summed E-state index contributed by atoms with van der Waals surface area (Å²) in [5.41, 5.74) is 2.20. The summed E-state index contributed by atoms with van der Waals surface area (Å²) < 4.78 is 0. The molecule has 4 heteroatoms. The molecule has 0 saturated carbocycles. The number of nitrogens with zero attached hydrogens (tertiary/aromatic N) is 3. The maximum absolute atomic E-state index is 10.0. The highest BCUT2D eigenvalue weighted by Gasteiger charge is 2.11. The van der Waals surface area contributed by atoms with Gasteiger partial charge in [-0.15, -0.1) is 15.0 Å². The summed E-state index contributed by atoms with van der Waals surface area (Å²) in [5.74, 6) is 0.281. The minimum Gasteiger partial charge on any atom is -0.510 e. The van der Waals surface area contributed by atoms with Crippen molar-refractivity contribution in [2.45, 2.75) is 68.2 Å². The van der Waals surface area contributed by atoms with E-state index in [-0.39, 0.29) is 5.76 Å². The summed E-state index contributed by atoms with van der Waals surface area (Å²) in [6.45, 7) is 15.8. The van der Waals surface area contributed by atoms with Crippen molar-refractivity contribution in [3.8, 4) is 0 Å². The van der Waals surface area contributed by atoms with Crippen molar-refractivity contribution in [1.29, 1.82) is 0 Å². The van der Waals surface area contributed by atoms with Crippen LogP contribution in [0, 0.1) is 0 Å². The quantitative estimate of drug-likeness (QED) is 0.477. The Hall–Kier alpha value is -2.10. The van der Waals surface area contributed by atoms with Gasteiger partial charge in [0.15, 0.2) is 0 Å². The Morgan fingerprint density at radius 2 is 1.42 bits per heavy atom. The molecule has 0 saturated heterocycles. The fourth-order valence-corrected chi connectivity index (χ4v) is 1.68. The van der Waals surface area contributed by atoms with Gasteiger partial charge in [-0.25, -0.2) is 0 Å². The van der Waals surface area contributed by atoms with E-state index in [0.717, 1.165) is 17.8 Å². The van der Waals surface area contributed by atoms with E-state index >= 15 is 0 Å². The Morgan fingerprint density at radius 1 is 0.958 bits per heavy atom. The largest absolute Gasteiger partial charge is 0.510 e. The molecule has 136 valence electrons. The van der Waals surface area contributed by atoms with Gasteiger partial charge in [0, 0.05) is 6.42 Å². The Balaban J connectivity index is 0. The summed E-state index contributed by atoms with van der Waals surface area (Å²) >= 11 is 0. The van der Waals surface area contributed by atoms with Gasteiger partial charge in [0.05, 0.1) is 0 Å². The molecule has 0 aliphatic rings. The number of hydrogen-bond donors (Lipinski definition) is 1. The Bertz CT molecular complexity index is 520. The molecule has 0 unspecified atom stereocenters. The predicted octanol–water partition coefficient (Wildman–Crippen LogP) is 6.50. The smallest absolute Gasteiger partial charge is 0.123 e. The van der Waals surface area contributed by atoms with Gasteiger partial charge in [-0.2, -0.15) is 0 Å². The predicted molar refractivity (Wildman–Crippen MR) is 108 cm³/mol. The van der Waals surface area contributed by atoms with Crippen LogP contribution in [0.1, 0.15) is 79.6 Å². The Labute approximate surface area is 148 Å². The van der Waals surface area contributed by atoms with E-state index in [0.29, 0.717) is 12.1 Å². The molecule has 1 aromatic rings. The lowest BCUT2D eigenvalue weighted by molar-refractivity contribution is 0.392. The van der Waals surface area contributed by atoms with Crippen molar-refractivity contribution >= 4 is 17.8 Å². The summed E-state index contributed by atoms with van der Waals surface area (Å²) in [4.78, 5) is 1.50. The van der Waals surface area contributed by atoms with Crippen LogP contribution in [0.3, 0.4) is 0 Å². The monoisotopic (exact) mass is 333 g/mol. The number of allylic oxidation sites excluding steroid dienone is 6. The van der Waals surface area contributed by atoms with Crippen molar-refractivity contribution < 1.29 is 5.11 Å². The van der Waals surface area contributed by atoms with E-state index in [4.69, 9.17) is 0 Å². The van der Waals surface area contributed by atoms with Crippen molar-refractivity contribution in [2.75, 3.05) is 0 Å². The number of rotatable bonds is 6. The minimum atomic E-state index is 0.281. The lowest BCUT2D eigenvalue weighted by atomic mass is 10.2. The van der Waals surface area contributed by atoms with Crippen LogP contribution >= 0.6 is 0 Å². The molecule has 0 aliphatic heterocycles. The molecule has 0 aromatic carbocycles. The third-order valence-electron chi connectivity index (χ3n) is 2.67. The standard InChI is InChI=1S/C16H23N3O.2C2H6/c1-5-9-12-15(16(20)8-4)19-17-13(10-6-2)14(18-19)11-7-3;2*1-2/h6-7,9-12,20H,5,8H2,1-4H3;2*1-2H3/b10-6-,11-7-,12-9-,16-15-;;. The third-order valence-corrected chi connectivity index (χ3v) is 2.67. The topological polar surface area (TPSA) is 50.9 Å². The summed E-state index contributed by atoms with van der Waals surface area (Å²) in [7, 11) is 0. The first-order valence-electron chi connectivity index (χ1n) is 8.99. The van der Waals surface area contributed by atoms with Crippen molar-refractivity contribution in [3.05, 3.63) is 41.5 Å². The van der Waals surface area contributed by atoms with Crippen molar-refractivity contribution in [1.82, 2.24) is 15.0 Å². The fraction of sp³-hybridized carbons (Fsp3) is 0.500. The van der Waals surface area contributed by atoms with Crippen LogP contribution in [-0.4, -0.2) is 20.1 Å².